The number of benzene rings is 1. The predicted molar refractivity (Wildman–Crippen MR) is 120 cm³/mol. The average Bonchev–Trinajstić information content (AvgIpc) is 3.27. The molecular formula is C22H27F4N5O2S. The van der Waals surface area contributed by atoms with Crippen molar-refractivity contribution < 1.29 is 26.0 Å². The van der Waals surface area contributed by atoms with Crippen LogP contribution < -0.4 is 10.2 Å². The molecule has 0 aliphatic carbocycles. The molecule has 1 atom stereocenters. The second-order valence-electron chi connectivity index (χ2n) is 8.82. The molecule has 2 aliphatic rings. The van der Waals surface area contributed by atoms with Crippen molar-refractivity contribution in [1.29, 1.82) is 0 Å². The fourth-order valence-electron chi connectivity index (χ4n) is 4.63. The second kappa shape index (κ2) is 9.65. The Kier molecular flexibility index (Phi) is 6.99. The SMILES string of the molecule is CS(=O)(=O)N1CCC(CNc2ncnc(N3CCC[C@@H]3c3ccc(C(F)(F)F)cc3)c2F)CC1. The highest BCUT2D eigenvalue weighted by Gasteiger charge is 2.33. The first-order chi connectivity index (χ1) is 16.0. The highest BCUT2D eigenvalue weighted by molar-refractivity contribution is 7.88. The Balaban J connectivity index is 1.44. The lowest BCUT2D eigenvalue weighted by atomic mass is 9.98. The van der Waals surface area contributed by atoms with E-state index in [0.717, 1.165) is 18.6 Å². The summed E-state index contributed by atoms with van der Waals surface area (Å²) in [5.41, 5.74) is -0.0430. The molecule has 34 heavy (non-hydrogen) atoms. The van der Waals surface area contributed by atoms with Crippen molar-refractivity contribution in [3.8, 4) is 0 Å². The van der Waals surface area contributed by atoms with Crippen LogP contribution in [0.4, 0.5) is 29.2 Å². The first-order valence-electron chi connectivity index (χ1n) is 11.2. The summed E-state index contributed by atoms with van der Waals surface area (Å²) in [6.07, 6.45) is 0.834. The normalized spacial score (nSPS) is 20.6. The minimum Gasteiger partial charge on any atom is -0.367 e. The van der Waals surface area contributed by atoms with Crippen LogP contribution in [0, 0.1) is 11.7 Å². The Labute approximate surface area is 196 Å². The zero-order valence-electron chi connectivity index (χ0n) is 18.7. The van der Waals surface area contributed by atoms with Gasteiger partial charge in [0.05, 0.1) is 17.9 Å². The lowest BCUT2D eigenvalue weighted by molar-refractivity contribution is -0.137. The van der Waals surface area contributed by atoms with Gasteiger partial charge < -0.3 is 10.2 Å². The Morgan fingerprint density at radius 3 is 2.35 bits per heavy atom. The molecular weight excluding hydrogens is 474 g/mol. The van der Waals surface area contributed by atoms with Crippen molar-refractivity contribution in [2.45, 2.75) is 37.9 Å². The van der Waals surface area contributed by atoms with Gasteiger partial charge in [-0.25, -0.2) is 22.7 Å². The summed E-state index contributed by atoms with van der Waals surface area (Å²) in [4.78, 5) is 9.94. The van der Waals surface area contributed by atoms with Gasteiger partial charge in [-0.3, -0.25) is 0 Å². The van der Waals surface area contributed by atoms with E-state index in [1.165, 1.54) is 29.0 Å². The average molecular weight is 502 g/mol. The Bertz CT molecular complexity index is 1100. The van der Waals surface area contributed by atoms with E-state index in [1.54, 1.807) is 4.90 Å². The Morgan fingerprint density at radius 1 is 1.06 bits per heavy atom. The molecule has 0 unspecified atom stereocenters. The summed E-state index contributed by atoms with van der Waals surface area (Å²) >= 11 is 0. The number of piperidine rings is 1. The number of aromatic nitrogens is 2. The lowest BCUT2D eigenvalue weighted by Gasteiger charge is -2.30. The van der Waals surface area contributed by atoms with Crippen molar-refractivity contribution in [3.05, 3.63) is 47.5 Å². The van der Waals surface area contributed by atoms with Crippen LogP contribution in [0.25, 0.3) is 0 Å². The molecule has 0 spiro atoms. The molecule has 0 amide bonds. The molecule has 2 saturated heterocycles. The van der Waals surface area contributed by atoms with E-state index in [0.29, 0.717) is 51.0 Å². The molecule has 12 heteroatoms. The topological polar surface area (TPSA) is 78.4 Å². The largest absolute Gasteiger partial charge is 0.416 e. The quantitative estimate of drug-likeness (QED) is 0.602. The van der Waals surface area contributed by atoms with Crippen molar-refractivity contribution in [1.82, 2.24) is 14.3 Å². The molecule has 3 heterocycles. The zero-order chi connectivity index (χ0) is 24.5. The first kappa shape index (κ1) is 24.6. The molecule has 2 aromatic rings. The van der Waals surface area contributed by atoms with Crippen molar-refractivity contribution in [2.75, 3.05) is 42.7 Å². The number of hydrogen-bond acceptors (Lipinski definition) is 6. The van der Waals surface area contributed by atoms with Crippen LogP contribution >= 0.6 is 0 Å². The third kappa shape index (κ3) is 5.43. The third-order valence-electron chi connectivity index (χ3n) is 6.52. The number of anilines is 2. The van der Waals surface area contributed by atoms with Gasteiger partial charge in [0.1, 0.15) is 6.33 Å². The molecule has 2 aliphatic heterocycles. The number of hydrogen-bond donors (Lipinski definition) is 1. The fourth-order valence-corrected chi connectivity index (χ4v) is 5.51. The summed E-state index contributed by atoms with van der Waals surface area (Å²) in [5, 5.41) is 3.03. The maximum Gasteiger partial charge on any atom is 0.416 e. The fraction of sp³-hybridized carbons (Fsp3) is 0.545. The molecule has 0 bridgehead atoms. The number of nitrogens with one attached hydrogen (secondary N) is 1. The van der Waals surface area contributed by atoms with E-state index in [4.69, 9.17) is 0 Å². The molecule has 1 N–H and O–H groups in total. The van der Waals surface area contributed by atoms with Crippen LogP contribution in [0.2, 0.25) is 0 Å². The van der Waals surface area contributed by atoms with Gasteiger partial charge in [0.15, 0.2) is 11.6 Å². The van der Waals surface area contributed by atoms with E-state index < -0.39 is 27.6 Å². The number of rotatable bonds is 6. The molecule has 7 nitrogen and oxygen atoms in total. The molecule has 0 radical (unpaired) electrons. The van der Waals surface area contributed by atoms with Gasteiger partial charge in [0.25, 0.3) is 0 Å². The standard InChI is InChI=1S/C22H27F4N5O2S/c1-34(32,33)30-11-8-15(9-12-30)13-27-20-19(23)21(29-14-28-20)31-10-2-3-18(31)16-4-6-17(7-5-16)22(24,25)26/h4-7,14-15,18H,2-3,8-13H2,1H3,(H,27,28,29)/t18-/m1/s1. The van der Waals surface area contributed by atoms with Gasteiger partial charge in [-0.2, -0.15) is 17.6 Å². The van der Waals surface area contributed by atoms with Crippen molar-refractivity contribution >= 4 is 21.7 Å². The van der Waals surface area contributed by atoms with Crippen LogP contribution in [0.3, 0.4) is 0 Å². The highest BCUT2D eigenvalue weighted by Crippen LogP contribution is 2.38. The van der Waals surface area contributed by atoms with E-state index in [-0.39, 0.29) is 23.6 Å². The van der Waals surface area contributed by atoms with Crippen molar-refractivity contribution in [3.63, 3.8) is 0 Å². The van der Waals surface area contributed by atoms with Crippen LogP contribution in [0.15, 0.2) is 30.6 Å². The zero-order valence-corrected chi connectivity index (χ0v) is 19.5. The van der Waals surface area contributed by atoms with Crippen molar-refractivity contribution in [2.24, 2.45) is 5.92 Å². The van der Waals surface area contributed by atoms with E-state index >= 15 is 4.39 Å². The molecule has 2 fully saturated rings. The summed E-state index contributed by atoms with van der Waals surface area (Å²) in [6, 6.07) is 4.69. The number of sulfonamides is 1. The monoisotopic (exact) mass is 501 g/mol. The minimum atomic E-state index is -4.41. The van der Waals surface area contributed by atoms with Gasteiger partial charge in [-0.1, -0.05) is 12.1 Å². The van der Waals surface area contributed by atoms with Gasteiger partial charge in [-0.15, -0.1) is 0 Å². The van der Waals surface area contributed by atoms with Gasteiger partial charge in [0.2, 0.25) is 15.8 Å². The highest BCUT2D eigenvalue weighted by atomic mass is 32.2. The third-order valence-corrected chi connectivity index (χ3v) is 7.82. The van der Waals surface area contributed by atoms with E-state index in [1.807, 2.05) is 0 Å². The van der Waals surface area contributed by atoms with Crippen LogP contribution in [-0.2, 0) is 16.2 Å². The van der Waals surface area contributed by atoms with Gasteiger partial charge in [-0.05, 0) is 49.3 Å². The molecule has 0 saturated carbocycles. The van der Waals surface area contributed by atoms with Crippen LogP contribution in [0.1, 0.15) is 42.9 Å². The minimum absolute atomic E-state index is 0.0635. The molecule has 186 valence electrons. The maximum absolute atomic E-state index is 15.3. The molecule has 4 rings (SSSR count). The number of nitrogens with zero attached hydrogens (tertiary/aromatic N) is 4. The van der Waals surface area contributed by atoms with Gasteiger partial charge >= 0.3 is 6.18 Å². The number of alkyl halides is 3. The molecule has 1 aromatic heterocycles. The Morgan fingerprint density at radius 2 is 1.74 bits per heavy atom. The van der Waals surface area contributed by atoms with E-state index in [9.17, 15) is 21.6 Å². The lowest BCUT2D eigenvalue weighted by Crippen LogP contribution is -2.39. The second-order valence-corrected chi connectivity index (χ2v) is 10.8. The summed E-state index contributed by atoms with van der Waals surface area (Å²) in [6.45, 7) is 1.85. The number of halogens is 4. The summed E-state index contributed by atoms with van der Waals surface area (Å²) in [5.74, 6) is -0.238. The van der Waals surface area contributed by atoms with E-state index in [2.05, 4.69) is 15.3 Å². The molecule has 1 aromatic carbocycles. The first-order valence-corrected chi connectivity index (χ1v) is 13.0. The summed E-state index contributed by atoms with van der Waals surface area (Å²) in [7, 11) is -3.21. The maximum atomic E-state index is 15.3. The van der Waals surface area contributed by atoms with Gasteiger partial charge in [0, 0.05) is 26.2 Å². The predicted octanol–water partition coefficient (Wildman–Crippen LogP) is 4.06. The van der Waals surface area contributed by atoms with Crippen LogP contribution in [-0.4, -0.2) is 55.1 Å². The Hall–Kier alpha value is -2.47. The summed E-state index contributed by atoms with van der Waals surface area (Å²) < 4.78 is 78.8. The van der Waals surface area contributed by atoms with Crippen LogP contribution in [0.5, 0.6) is 0 Å². The smallest absolute Gasteiger partial charge is 0.367 e.